The van der Waals surface area contributed by atoms with Gasteiger partial charge in [0.15, 0.2) is 5.11 Å². The number of thiocarbonyl (C=S) groups is 1. The molecule has 0 saturated heterocycles. The maximum Gasteiger partial charge on any atom is 0.270 e. The Hall–Kier alpha value is -2.02. The molecule has 0 radical (unpaired) electrons. The first-order chi connectivity index (χ1) is 10.6. The number of nitrogens with one attached hydrogen (secondary N) is 2. The van der Waals surface area contributed by atoms with Crippen LogP contribution >= 0.6 is 12.2 Å². The van der Waals surface area contributed by atoms with E-state index in [1.54, 1.807) is 12.1 Å². The van der Waals surface area contributed by atoms with Crippen molar-refractivity contribution in [1.29, 1.82) is 0 Å². The zero-order valence-electron chi connectivity index (χ0n) is 12.5. The third-order valence-corrected chi connectivity index (χ3v) is 4.10. The molecule has 0 heterocycles. The molecule has 7 heteroatoms. The van der Waals surface area contributed by atoms with Gasteiger partial charge >= 0.3 is 0 Å². The van der Waals surface area contributed by atoms with Crippen LogP contribution in [-0.2, 0) is 0 Å². The number of hydrogen-bond acceptors (Lipinski definition) is 4. The molecule has 1 aliphatic carbocycles. The summed E-state index contributed by atoms with van der Waals surface area (Å²) >= 11 is 5.23. The van der Waals surface area contributed by atoms with Crippen LogP contribution in [0, 0.1) is 16.0 Å². The Morgan fingerprint density at radius 2 is 2.23 bits per heavy atom. The zero-order valence-corrected chi connectivity index (χ0v) is 13.3. The van der Waals surface area contributed by atoms with Crippen LogP contribution in [-0.4, -0.2) is 22.3 Å². The van der Waals surface area contributed by atoms with Gasteiger partial charge in [-0.3, -0.25) is 15.5 Å². The molecule has 1 aromatic carbocycles. The van der Waals surface area contributed by atoms with Crippen LogP contribution in [0.4, 0.5) is 5.69 Å². The summed E-state index contributed by atoms with van der Waals surface area (Å²) < 4.78 is 0. The number of rotatable bonds is 4. The van der Waals surface area contributed by atoms with Crippen LogP contribution < -0.4 is 10.7 Å². The van der Waals surface area contributed by atoms with E-state index in [4.69, 9.17) is 12.2 Å². The lowest BCUT2D eigenvalue weighted by atomic mass is 9.86. The highest BCUT2D eigenvalue weighted by Gasteiger charge is 2.21. The summed E-state index contributed by atoms with van der Waals surface area (Å²) in [5.74, 6) is 0.606. The maximum atomic E-state index is 10.7. The van der Waals surface area contributed by atoms with Gasteiger partial charge in [-0.15, -0.1) is 0 Å². The van der Waals surface area contributed by atoms with Gasteiger partial charge in [0.25, 0.3) is 5.69 Å². The van der Waals surface area contributed by atoms with Gasteiger partial charge in [-0.1, -0.05) is 31.9 Å². The predicted octanol–water partition coefficient (Wildman–Crippen LogP) is 2.97. The molecule has 0 bridgehead atoms. The van der Waals surface area contributed by atoms with Crippen molar-refractivity contribution >= 4 is 29.2 Å². The van der Waals surface area contributed by atoms with Gasteiger partial charge in [0, 0.05) is 23.7 Å². The first kappa shape index (κ1) is 16.4. The van der Waals surface area contributed by atoms with Crippen molar-refractivity contribution in [2.24, 2.45) is 11.0 Å². The van der Waals surface area contributed by atoms with Gasteiger partial charge in [-0.2, -0.15) is 5.10 Å². The topological polar surface area (TPSA) is 79.6 Å². The first-order valence-corrected chi connectivity index (χ1v) is 7.81. The predicted molar refractivity (Wildman–Crippen MR) is 91.0 cm³/mol. The second kappa shape index (κ2) is 7.84. The third-order valence-electron chi connectivity index (χ3n) is 3.89. The Morgan fingerprint density at radius 3 is 2.95 bits per heavy atom. The molecule has 6 nitrogen and oxygen atoms in total. The molecular weight excluding hydrogens is 300 g/mol. The van der Waals surface area contributed by atoms with E-state index in [9.17, 15) is 10.1 Å². The molecule has 0 aliphatic heterocycles. The average molecular weight is 320 g/mol. The fourth-order valence-corrected chi connectivity index (χ4v) is 2.82. The molecule has 1 aliphatic rings. The van der Waals surface area contributed by atoms with Gasteiger partial charge < -0.3 is 5.32 Å². The van der Waals surface area contributed by atoms with Gasteiger partial charge in [0.2, 0.25) is 0 Å². The molecule has 118 valence electrons. The summed E-state index contributed by atoms with van der Waals surface area (Å²) in [6, 6.07) is 6.67. The zero-order chi connectivity index (χ0) is 15.9. The van der Waals surface area contributed by atoms with Gasteiger partial charge in [0.1, 0.15) is 0 Å². The number of non-ortho nitro benzene ring substituents is 1. The first-order valence-electron chi connectivity index (χ1n) is 7.40. The Bertz CT molecular complexity index is 576. The molecule has 2 rings (SSSR count). The van der Waals surface area contributed by atoms with E-state index in [-0.39, 0.29) is 5.69 Å². The highest BCUT2D eigenvalue weighted by Crippen LogP contribution is 2.23. The minimum atomic E-state index is -0.429. The van der Waals surface area contributed by atoms with Crippen molar-refractivity contribution < 1.29 is 4.92 Å². The number of hydrazone groups is 1. The monoisotopic (exact) mass is 320 g/mol. The fraction of sp³-hybridized carbons (Fsp3) is 0.467. The largest absolute Gasteiger partial charge is 0.358 e. The van der Waals surface area contributed by atoms with Crippen LogP contribution in [0.2, 0.25) is 0 Å². The molecule has 22 heavy (non-hydrogen) atoms. The average Bonchev–Trinajstić information content (AvgIpc) is 2.50. The molecule has 2 atom stereocenters. The minimum Gasteiger partial charge on any atom is -0.358 e. The second-order valence-corrected chi connectivity index (χ2v) is 5.97. The lowest BCUT2D eigenvalue weighted by Gasteiger charge is -2.30. The molecular formula is C15H20N4O2S. The Kier molecular flexibility index (Phi) is 5.83. The second-order valence-electron chi connectivity index (χ2n) is 5.56. The van der Waals surface area contributed by atoms with Crippen LogP contribution in [0.25, 0.3) is 0 Å². The minimum absolute atomic E-state index is 0.0423. The van der Waals surface area contributed by atoms with Gasteiger partial charge in [0.05, 0.1) is 11.1 Å². The van der Waals surface area contributed by atoms with Crippen LogP contribution in [0.5, 0.6) is 0 Å². The van der Waals surface area contributed by atoms with E-state index in [1.807, 2.05) is 0 Å². The van der Waals surface area contributed by atoms with Crippen molar-refractivity contribution in [2.45, 2.75) is 38.6 Å². The summed E-state index contributed by atoms with van der Waals surface area (Å²) in [6.07, 6.45) is 6.37. The third kappa shape index (κ3) is 4.77. The lowest BCUT2D eigenvalue weighted by molar-refractivity contribution is -0.384. The van der Waals surface area contributed by atoms with E-state index >= 15 is 0 Å². The summed E-state index contributed by atoms with van der Waals surface area (Å²) in [5.41, 5.74) is 3.46. The molecule has 0 amide bonds. The number of nitro groups is 1. The van der Waals surface area contributed by atoms with E-state index < -0.39 is 4.92 Å². The molecule has 0 unspecified atom stereocenters. The molecule has 1 saturated carbocycles. The van der Waals surface area contributed by atoms with E-state index in [0.29, 0.717) is 22.6 Å². The smallest absolute Gasteiger partial charge is 0.270 e. The highest BCUT2D eigenvalue weighted by atomic mass is 32.1. The van der Waals surface area contributed by atoms with E-state index in [0.717, 1.165) is 6.42 Å². The van der Waals surface area contributed by atoms with Gasteiger partial charge in [-0.25, -0.2) is 0 Å². The quantitative estimate of drug-likeness (QED) is 0.386. The summed E-state index contributed by atoms with van der Waals surface area (Å²) in [7, 11) is 0. The Balaban J connectivity index is 1.85. The molecule has 0 aromatic heterocycles. The summed E-state index contributed by atoms with van der Waals surface area (Å²) in [6.45, 7) is 2.23. The molecule has 2 N–H and O–H groups in total. The van der Waals surface area contributed by atoms with Crippen molar-refractivity contribution in [3.05, 3.63) is 39.9 Å². The highest BCUT2D eigenvalue weighted by molar-refractivity contribution is 7.80. The fourth-order valence-electron chi connectivity index (χ4n) is 2.62. The van der Waals surface area contributed by atoms with Crippen LogP contribution in [0.1, 0.15) is 38.2 Å². The molecule has 1 fully saturated rings. The Labute approximate surface area is 135 Å². The van der Waals surface area contributed by atoms with Crippen molar-refractivity contribution in [1.82, 2.24) is 10.7 Å². The number of nitro benzene ring substituents is 1. The summed E-state index contributed by atoms with van der Waals surface area (Å²) in [5, 5.41) is 18.5. The van der Waals surface area contributed by atoms with E-state index in [2.05, 4.69) is 22.8 Å². The number of nitrogens with zero attached hydrogens (tertiary/aromatic N) is 2. The van der Waals surface area contributed by atoms with Crippen molar-refractivity contribution in [2.75, 3.05) is 0 Å². The van der Waals surface area contributed by atoms with Crippen LogP contribution in [0.3, 0.4) is 0 Å². The molecule has 1 aromatic rings. The lowest BCUT2D eigenvalue weighted by Crippen LogP contribution is -2.44. The van der Waals surface area contributed by atoms with Crippen molar-refractivity contribution in [3.8, 4) is 0 Å². The number of benzene rings is 1. The standard InChI is InChI=1S/C15H20N4O2S/c1-11-5-2-3-8-14(11)17-15(22)18-16-10-12-6-4-7-13(9-12)19(20)21/h4,6-7,9-11,14H,2-3,5,8H2,1H3,(H2,17,18,22)/b16-10-/t11-,14+/m1/s1. The SMILES string of the molecule is C[C@@H]1CCCC[C@@H]1NC(=S)N/N=C\c1cccc([N+](=O)[O-])c1. The van der Waals surface area contributed by atoms with Gasteiger partial charge in [-0.05, 0) is 31.0 Å². The summed E-state index contributed by atoms with van der Waals surface area (Å²) in [4.78, 5) is 10.3. The number of hydrogen-bond donors (Lipinski definition) is 2. The maximum absolute atomic E-state index is 10.7. The normalized spacial score (nSPS) is 21.5. The Morgan fingerprint density at radius 1 is 1.45 bits per heavy atom. The molecule has 0 spiro atoms. The van der Waals surface area contributed by atoms with Crippen LogP contribution in [0.15, 0.2) is 29.4 Å². The van der Waals surface area contributed by atoms with E-state index in [1.165, 1.54) is 37.6 Å². The van der Waals surface area contributed by atoms with Crippen molar-refractivity contribution in [3.63, 3.8) is 0 Å².